The van der Waals surface area contributed by atoms with E-state index in [4.69, 9.17) is 4.74 Å². The van der Waals surface area contributed by atoms with Gasteiger partial charge in [0.2, 0.25) is 0 Å². The van der Waals surface area contributed by atoms with Crippen LogP contribution in [0.3, 0.4) is 0 Å². The number of carbonyl (C=O) groups excluding carboxylic acids is 1. The van der Waals surface area contributed by atoms with Gasteiger partial charge in [0.15, 0.2) is 0 Å². The zero-order valence-corrected chi connectivity index (χ0v) is 9.08. The summed E-state index contributed by atoms with van der Waals surface area (Å²) in [6, 6.07) is 2.72. The predicted octanol–water partition coefficient (Wildman–Crippen LogP) is 2.61. The summed E-state index contributed by atoms with van der Waals surface area (Å²) in [6.07, 6.45) is 1.75. The summed E-state index contributed by atoms with van der Waals surface area (Å²) < 4.78 is 4.91. The molecule has 0 bridgehead atoms. The summed E-state index contributed by atoms with van der Waals surface area (Å²) in [6.45, 7) is 2.35. The van der Waals surface area contributed by atoms with E-state index in [-0.39, 0.29) is 9.88 Å². The lowest BCUT2D eigenvalue weighted by Gasteiger charge is -2.00. The number of esters is 1. The maximum absolute atomic E-state index is 11.3. The molecule has 1 rings (SSSR count). The van der Waals surface area contributed by atoms with Crippen molar-refractivity contribution in [3.63, 3.8) is 0 Å². The van der Waals surface area contributed by atoms with Crippen LogP contribution >= 0.6 is 11.3 Å². The van der Waals surface area contributed by atoms with Crippen molar-refractivity contribution in [1.29, 1.82) is 0 Å². The van der Waals surface area contributed by atoms with Gasteiger partial charge in [-0.25, -0.2) is 4.79 Å². The molecule has 5 nitrogen and oxygen atoms in total. The highest BCUT2D eigenvalue weighted by molar-refractivity contribution is 7.17. The van der Waals surface area contributed by atoms with Crippen LogP contribution in [0.2, 0.25) is 0 Å². The molecule has 0 atom stereocenters. The van der Waals surface area contributed by atoms with E-state index in [9.17, 15) is 14.9 Å². The minimum Gasteiger partial charge on any atom is -0.462 e. The Bertz CT molecular complexity index is 361. The molecular formula is C9H11NO4S. The summed E-state index contributed by atoms with van der Waals surface area (Å²) in [4.78, 5) is 21.4. The monoisotopic (exact) mass is 229 g/mol. The Labute approximate surface area is 90.8 Å². The van der Waals surface area contributed by atoms with Crippen LogP contribution in [0.25, 0.3) is 0 Å². The van der Waals surface area contributed by atoms with Crippen LogP contribution in [-0.2, 0) is 4.74 Å². The zero-order chi connectivity index (χ0) is 11.3. The minimum absolute atomic E-state index is 0.0440. The first-order chi connectivity index (χ1) is 7.15. The van der Waals surface area contributed by atoms with Gasteiger partial charge in [0.25, 0.3) is 0 Å². The summed E-state index contributed by atoms with van der Waals surface area (Å²) in [5.41, 5.74) is 0. The van der Waals surface area contributed by atoms with Crippen LogP contribution in [0.4, 0.5) is 5.00 Å². The fourth-order valence-electron chi connectivity index (χ4n) is 0.916. The Kier molecular flexibility index (Phi) is 4.23. The van der Waals surface area contributed by atoms with E-state index in [1.165, 1.54) is 12.1 Å². The quantitative estimate of drug-likeness (QED) is 0.337. The molecular weight excluding hydrogens is 218 g/mol. The van der Waals surface area contributed by atoms with Crippen LogP contribution in [0, 0.1) is 10.1 Å². The van der Waals surface area contributed by atoms with Crippen molar-refractivity contribution < 1.29 is 14.5 Å². The second-order valence-corrected chi connectivity index (χ2v) is 3.95. The molecule has 0 fully saturated rings. The second-order valence-electron chi connectivity index (χ2n) is 2.88. The highest BCUT2D eigenvalue weighted by Crippen LogP contribution is 2.24. The lowest BCUT2D eigenvalue weighted by Crippen LogP contribution is -2.03. The fourth-order valence-corrected chi connectivity index (χ4v) is 1.63. The van der Waals surface area contributed by atoms with E-state index < -0.39 is 10.9 Å². The maximum atomic E-state index is 11.3. The third-order valence-corrected chi connectivity index (χ3v) is 2.72. The molecule has 1 aromatic rings. The number of rotatable bonds is 5. The van der Waals surface area contributed by atoms with Gasteiger partial charge in [-0.3, -0.25) is 10.1 Å². The number of hydrogen-bond donors (Lipinski definition) is 0. The van der Waals surface area contributed by atoms with Crippen molar-refractivity contribution in [1.82, 2.24) is 0 Å². The first kappa shape index (κ1) is 11.6. The molecule has 15 heavy (non-hydrogen) atoms. The van der Waals surface area contributed by atoms with Crippen molar-refractivity contribution in [3.8, 4) is 0 Å². The number of carbonyl (C=O) groups is 1. The van der Waals surface area contributed by atoms with Crippen LogP contribution in [0.1, 0.15) is 29.4 Å². The molecule has 1 heterocycles. The van der Waals surface area contributed by atoms with Gasteiger partial charge < -0.3 is 4.74 Å². The topological polar surface area (TPSA) is 69.4 Å². The highest BCUT2D eigenvalue weighted by atomic mass is 32.1. The number of ether oxygens (including phenoxy) is 1. The van der Waals surface area contributed by atoms with Crippen LogP contribution < -0.4 is 0 Å². The molecule has 0 aliphatic heterocycles. The number of hydrogen-bond acceptors (Lipinski definition) is 5. The van der Waals surface area contributed by atoms with E-state index in [1.54, 1.807) is 0 Å². The third-order valence-electron chi connectivity index (χ3n) is 1.70. The molecule has 6 heteroatoms. The lowest BCUT2D eigenvalue weighted by molar-refractivity contribution is -0.380. The van der Waals surface area contributed by atoms with Crippen molar-refractivity contribution >= 4 is 22.3 Å². The van der Waals surface area contributed by atoms with E-state index in [0.29, 0.717) is 6.61 Å². The molecule has 0 aromatic carbocycles. The molecule has 1 aromatic heterocycles. The highest BCUT2D eigenvalue weighted by Gasteiger charge is 2.15. The van der Waals surface area contributed by atoms with Crippen LogP contribution in [0.5, 0.6) is 0 Å². The molecule has 0 aliphatic carbocycles. The van der Waals surface area contributed by atoms with Gasteiger partial charge in [-0.15, -0.1) is 0 Å². The fraction of sp³-hybridized carbons (Fsp3) is 0.444. The number of nitro groups is 1. The summed E-state index contributed by atoms with van der Waals surface area (Å²) in [5, 5.41) is 10.3. The van der Waals surface area contributed by atoms with Gasteiger partial charge in [0.1, 0.15) is 4.88 Å². The van der Waals surface area contributed by atoms with Crippen molar-refractivity contribution in [3.05, 3.63) is 27.1 Å². The van der Waals surface area contributed by atoms with Gasteiger partial charge in [-0.1, -0.05) is 24.7 Å². The van der Waals surface area contributed by atoms with E-state index in [1.807, 2.05) is 6.92 Å². The molecule has 0 amide bonds. The first-order valence-corrected chi connectivity index (χ1v) is 5.38. The largest absolute Gasteiger partial charge is 0.462 e. The Morgan fingerprint density at radius 3 is 2.87 bits per heavy atom. The Morgan fingerprint density at radius 1 is 1.60 bits per heavy atom. The normalized spacial score (nSPS) is 9.93. The van der Waals surface area contributed by atoms with E-state index in [0.717, 1.165) is 24.2 Å². The number of unbranched alkanes of at least 4 members (excludes halogenated alkanes) is 1. The van der Waals surface area contributed by atoms with Crippen LogP contribution in [0.15, 0.2) is 12.1 Å². The Morgan fingerprint density at radius 2 is 2.33 bits per heavy atom. The summed E-state index contributed by atoms with van der Waals surface area (Å²) in [7, 11) is 0. The van der Waals surface area contributed by atoms with Crippen molar-refractivity contribution in [2.24, 2.45) is 0 Å². The molecule has 82 valence electrons. The summed E-state index contributed by atoms with van der Waals surface area (Å²) >= 11 is 0.834. The smallest absolute Gasteiger partial charge is 0.348 e. The second kappa shape index (κ2) is 5.45. The van der Waals surface area contributed by atoms with Gasteiger partial charge in [-0.2, -0.15) is 0 Å². The first-order valence-electron chi connectivity index (χ1n) is 4.56. The molecule has 0 saturated heterocycles. The molecule has 0 saturated carbocycles. The van der Waals surface area contributed by atoms with Crippen molar-refractivity contribution in [2.75, 3.05) is 6.61 Å². The van der Waals surface area contributed by atoms with E-state index in [2.05, 4.69) is 0 Å². The average molecular weight is 229 g/mol. The molecule has 0 aliphatic rings. The molecule has 0 spiro atoms. The number of thiophene rings is 1. The Hall–Kier alpha value is -1.43. The zero-order valence-electron chi connectivity index (χ0n) is 8.26. The number of nitrogens with zero attached hydrogens (tertiary/aromatic N) is 1. The summed E-state index contributed by atoms with van der Waals surface area (Å²) in [5.74, 6) is -0.485. The van der Waals surface area contributed by atoms with Gasteiger partial charge in [0, 0.05) is 6.07 Å². The SMILES string of the molecule is CCCCOC(=O)c1ccc([N+](=O)[O-])s1. The van der Waals surface area contributed by atoms with Gasteiger partial charge >= 0.3 is 11.0 Å². The molecule has 0 N–H and O–H groups in total. The third kappa shape index (κ3) is 3.32. The average Bonchev–Trinajstić information content (AvgIpc) is 2.66. The van der Waals surface area contributed by atoms with Crippen LogP contribution in [-0.4, -0.2) is 17.5 Å². The lowest BCUT2D eigenvalue weighted by atomic mass is 10.4. The standard InChI is InChI=1S/C9H11NO4S/c1-2-3-6-14-9(11)7-4-5-8(15-7)10(12)13/h4-5H,2-3,6H2,1H3. The molecule has 0 radical (unpaired) electrons. The van der Waals surface area contributed by atoms with Gasteiger partial charge in [-0.05, 0) is 12.5 Å². The maximum Gasteiger partial charge on any atom is 0.348 e. The predicted molar refractivity (Wildman–Crippen MR) is 56.2 cm³/mol. The van der Waals surface area contributed by atoms with Crippen molar-refractivity contribution in [2.45, 2.75) is 19.8 Å². The molecule has 0 unspecified atom stereocenters. The minimum atomic E-state index is -0.520. The Balaban J connectivity index is 2.54. The van der Waals surface area contributed by atoms with Gasteiger partial charge in [0.05, 0.1) is 11.5 Å². The van der Waals surface area contributed by atoms with E-state index >= 15 is 0 Å².